The molecular formula is C11H13F3N2O5. The van der Waals surface area contributed by atoms with E-state index in [1.807, 2.05) is 0 Å². The lowest BCUT2D eigenvalue weighted by Crippen LogP contribution is -2.62. The molecule has 0 bridgehead atoms. The number of nitrogens with one attached hydrogen (secondary N) is 1. The molecule has 0 unspecified atom stereocenters. The van der Waals surface area contributed by atoms with Crippen molar-refractivity contribution in [1.29, 1.82) is 0 Å². The van der Waals surface area contributed by atoms with Gasteiger partial charge in [0.25, 0.3) is 0 Å². The van der Waals surface area contributed by atoms with E-state index < -0.39 is 42.1 Å². The van der Waals surface area contributed by atoms with Gasteiger partial charge in [0.05, 0.1) is 6.54 Å². The number of aliphatic carboxylic acids is 1. The van der Waals surface area contributed by atoms with Crippen LogP contribution in [0.2, 0.25) is 0 Å². The Morgan fingerprint density at radius 3 is 2.33 bits per heavy atom. The minimum absolute atomic E-state index is 0.0613. The number of hydrogen-bond donors (Lipinski definition) is 3. The largest absolute Gasteiger partial charge is 0.479 e. The minimum Gasteiger partial charge on any atom is -0.479 e. The Kier molecular flexibility index (Phi) is 4.49. The van der Waals surface area contributed by atoms with Gasteiger partial charge in [-0.15, -0.1) is 6.58 Å². The van der Waals surface area contributed by atoms with Gasteiger partial charge in [0.1, 0.15) is 0 Å². The highest BCUT2D eigenvalue weighted by atomic mass is 19.4. The second kappa shape index (κ2) is 5.62. The summed E-state index contributed by atoms with van der Waals surface area (Å²) >= 11 is 0. The molecule has 2 amide bonds. The van der Waals surface area contributed by atoms with Gasteiger partial charge in [-0.05, 0) is 6.42 Å². The number of allylic oxidation sites excluding steroid dienone is 1. The average Bonchev–Trinajstić information content (AvgIpc) is 2.69. The summed E-state index contributed by atoms with van der Waals surface area (Å²) in [5, 5.41) is 19.6. The van der Waals surface area contributed by atoms with Gasteiger partial charge in [-0.2, -0.15) is 13.2 Å². The molecule has 3 N–H and O–H groups in total. The first-order chi connectivity index (χ1) is 9.54. The summed E-state index contributed by atoms with van der Waals surface area (Å²) in [4.78, 5) is 34.0. The number of nitrogens with zero attached hydrogens (tertiary/aromatic N) is 1. The summed E-state index contributed by atoms with van der Waals surface area (Å²) in [7, 11) is 0. The third kappa shape index (κ3) is 3.26. The molecule has 7 nitrogen and oxygen atoms in total. The van der Waals surface area contributed by atoms with E-state index in [9.17, 15) is 32.7 Å². The van der Waals surface area contributed by atoms with Crippen molar-refractivity contribution in [1.82, 2.24) is 10.2 Å². The van der Waals surface area contributed by atoms with Crippen molar-refractivity contribution in [3.63, 3.8) is 0 Å². The standard InChI is InChI=1S/C11H13F3N2O5/c1-2-3-6-4-16(9(20)21)5-10(6,8(18)19)15-7(17)11(12,13)14/h2,6H,1,3-5H2,(H,15,17)(H,18,19)(H,20,21)/t6-,10-/m0/s1. The summed E-state index contributed by atoms with van der Waals surface area (Å²) in [5.74, 6) is -5.20. The van der Waals surface area contributed by atoms with E-state index in [0.717, 1.165) is 0 Å². The summed E-state index contributed by atoms with van der Waals surface area (Å²) in [6.07, 6.45) is -5.55. The molecule has 1 saturated heterocycles. The van der Waals surface area contributed by atoms with Crippen LogP contribution in [0.4, 0.5) is 18.0 Å². The van der Waals surface area contributed by atoms with Crippen LogP contribution in [-0.2, 0) is 9.59 Å². The van der Waals surface area contributed by atoms with Gasteiger partial charge < -0.3 is 20.4 Å². The molecule has 0 spiro atoms. The fraction of sp³-hybridized carbons (Fsp3) is 0.545. The number of carbonyl (C=O) groups excluding carboxylic acids is 1. The van der Waals surface area contributed by atoms with Crippen molar-refractivity contribution in [2.24, 2.45) is 5.92 Å². The van der Waals surface area contributed by atoms with Crippen molar-refractivity contribution < 1.29 is 37.8 Å². The molecule has 1 aliphatic rings. The molecule has 1 heterocycles. The van der Waals surface area contributed by atoms with Crippen molar-refractivity contribution in [3.05, 3.63) is 12.7 Å². The van der Waals surface area contributed by atoms with Gasteiger partial charge in [-0.25, -0.2) is 9.59 Å². The predicted molar refractivity (Wildman–Crippen MR) is 62.5 cm³/mol. The molecule has 1 fully saturated rings. The quantitative estimate of drug-likeness (QED) is 0.662. The molecule has 118 valence electrons. The van der Waals surface area contributed by atoms with Crippen LogP contribution in [0.25, 0.3) is 0 Å². The second-order valence-corrected chi connectivity index (χ2v) is 4.61. The summed E-state index contributed by atoms with van der Waals surface area (Å²) in [5.41, 5.74) is -2.33. The molecular weight excluding hydrogens is 297 g/mol. The van der Waals surface area contributed by atoms with E-state index in [4.69, 9.17) is 5.11 Å². The lowest BCUT2D eigenvalue weighted by atomic mass is 9.84. The van der Waals surface area contributed by atoms with Crippen LogP contribution in [0.5, 0.6) is 0 Å². The predicted octanol–water partition coefficient (Wildman–Crippen LogP) is 0.674. The lowest BCUT2D eigenvalue weighted by molar-refractivity contribution is -0.178. The molecule has 0 aromatic rings. The number of carboxylic acid groups (broad SMARTS) is 2. The molecule has 21 heavy (non-hydrogen) atoms. The van der Waals surface area contributed by atoms with Gasteiger partial charge in [0, 0.05) is 12.5 Å². The Bertz CT molecular complexity index is 479. The lowest BCUT2D eigenvalue weighted by Gasteiger charge is -2.30. The highest BCUT2D eigenvalue weighted by Gasteiger charge is 2.57. The fourth-order valence-electron chi connectivity index (χ4n) is 2.25. The molecule has 10 heteroatoms. The number of amides is 2. The topological polar surface area (TPSA) is 107 Å². The van der Waals surface area contributed by atoms with Crippen LogP contribution in [0.3, 0.4) is 0 Å². The maximum atomic E-state index is 12.3. The molecule has 0 radical (unpaired) electrons. The SMILES string of the molecule is C=CC[C@H]1CN(C(=O)O)C[C@@]1(NC(=O)C(F)(F)F)C(=O)O. The maximum absolute atomic E-state index is 12.3. The Balaban J connectivity index is 3.16. The monoisotopic (exact) mass is 310 g/mol. The van der Waals surface area contributed by atoms with Crippen LogP contribution < -0.4 is 5.32 Å². The van der Waals surface area contributed by atoms with E-state index in [1.165, 1.54) is 11.4 Å². The van der Waals surface area contributed by atoms with E-state index in [0.29, 0.717) is 4.90 Å². The second-order valence-electron chi connectivity index (χ2n) is 4.61. The Morgan fingerprint density at radius 1 is 1.38 bits per heavy atom. The first kappa shape index (κ1) is 16.8. The first-order valence-electron chi connectivity index (χ1n) is 5.76. The number of halogens is 3. The Morgan fingerprint density at radius 2 is 1.95 bits per heavy atom. The molecule has 2 atom stereocenters. The zero-order valence-corrected chi connectivity index (χ0v) is 10.7. The van der Waals surface area contributed by atoms with Gasteiger partial charge in [0.15, 0.2) is 5.54 Å². The van der Waals surface area contributed by atoms with E-state index in [-0.39, 0.29) is 13.0 Å². The summed E-state index contributed by atoms with van der Waals surface area (Å²) in [6, 6.07) is 0. The Labute approximate surface area is 117 Å². The highest BCUT2D eigenvalue weighted by Crippen LogP contribution is 2.32. The number of likely N-dealkylation sites (tertiary alicyclic amines) is 1. The van der Waals surface area contributed by atoms with Crippen molar-refractivity contribution in [2.75, 3.05) is 13.1 Å². The molecule has 1 rings (SSSR count). The maximum Gasteiger partial charge on any atom is 0.471 e. The van der Waals surface area contributed by atoms with Crippen molar-refractivity contribution in [2.45, 2.75) is 18.1 Å². The fourth-order valence-corrected chi connectivity index (χ4v) is 2.25. The van der Waals surface area contributed by atoms with Gasteiger partial charge in [0.2, 0.25) is 0 Å². The van der Waals surface area contributed by atoms with Crippen LogP contribution >= 0.6 is 0 Å². The van der Waals surface area contributed by atoms with Crippen molar-refractivity contribution >= 4 is 18.0 Å². The van der Waals surface area contributed by atoms with Crippen LogP contribution in [0.1, 0.15) is 6.42 Å². The molecule has 0 aliphatic carbocycles. The third-order valence-corrected chi connectivity index (χ3v) is 3.28. The van der Waals surface area contributed by atoms with Gasteiger partial charge in [-0.3, -0.25) is 4.79 Å². The van der Waals surface area contributed by atoms with E-state index in [2.05, 4.69) is 6.58 Å². The normalized spacial score (nSPS) is 25.5. The zero-order chi connectivity index (χ0) is 16.4. The molecule has 0 saturated carbocycles. The van der Waals surface area contributed by atoms with Crippen LogP contribution in [0, 0.1) is 5.92 Å². The highest BCUT2D eigenvalue weighted by molar-refractivity contribution is 5.91. The summed E-state index contributed by atoms with van der Waals surface area (Å²) < 4.78 is 37.0. The number of carboxylic acids is 1. The van der Waals surface area contributed by atoms with E-state index >= 15 is 0 Å². The summed E-state index contributed by atoms with van der Waals surface area (Å²) in [6.45, 7) is 2.27. The Hall–Kier alpha value is -2.26. The third-order valence-electron chi connectivity index (χ3n) is 3.28. The smallest absolute Gasteiger partial charge is 0.471 e. The van der Waals surface area contributed by atoms with Gasteiger partial charge in [-0.1, -0.05) is 6.08 Å². The number of carbonyl (C=O) groups is 3. The molecule has 0 aromatic carbocycles. The van der Waals surface area contributed by atoms with Crippen LogP contribution in [0.15, 0.2) is 12.7 Å². The molecule has 1 aliphatic heterocycles. The number of rotatable bonds is 4. The average molecular weight is 310 g/mol. The number of hydrogen-bond acceptors (Lipinski definition) is 3. The van der Waals surface area contributed by atoms with Crippen molar-refractivity contribution in [3.8, 4) is 0 Å². The minimum atomic E-state index is -5.27. The van der Waals surface area contributed by atoms with Gasteiger partial charge >= 0.3 is 24.1 Å². The van der Waals surface area contributed by atoms with Crippen LogP contribution in [-0.4, -0.2) is 57.9 Å². The first-order valence-corrected chi connectivity index (χ1v) is 5.76. The number of alkyl halides is 3. The molecule has 0 aromatic heterocycles. The van der Waals surface area contributed by atoms with E-state index in [1.54, 1.807) is 0 Å². The zero-order valence-electron chi connectivity index (χ0n) is 10.7.